The zero-order chi connectivity index (χ0) is 13.1. The van der Waals surface area contributed by atoms with Gasteiger partial charge in [-0.15, -0.1) is 0 Å². The van der Waals surface area contributed by atoms with E-state index in [1.165, 1.54) is 17.3 Å². The highest BCUT2D eigenvalue weighted by atomic mass is 16.3. The predicted octanol–water partition coefficient (Wildman–Crippen LogP) is 0.837. The zero-order valence-electron chi connectivity index (χ0n) is 10.3. The van der Waals surface area contributed by atoms with Crippen molar-refractivity contribution in [1.82, 2.24) is 9.88 Å². The lowest BCUT2D eigenvalue weighted by atomic mass is 9.64. The van der Waals surface area contributed by atoms with Crippen molar-refractivity contribution in [2.45, 2.75) is 32.4 Å². The predicted molar refractivity (Wildman–Crippen MR) is 62.9 cm³/mol. The first kappa shape index (κ1) is 11.3. The lowest BCUT2D eigenvalue weighted by molar-refractivity contribution is -0.0988. The second-order valence-corrected chi connectivity index (χ2v) is 5.49. The maximum Gasteiger partial charge on any atom is 0.263 e. The molecule has 94 valence electrons. The molecule has 2 atom stereocenters. The average Bonchev–Trinajstić information content (AvgIpc) is 2.60. The Bertz CT molecular complexity index is 518. The lowest BCUT2D eigenvalue weighted by Gasteiger charge is -2.52. The van der Waals surface area contributed by atoms with E-state index in [9.17, 15) is 14.7 Å². The van der Waals surface area contributed by atoms with Crippen LogP contribution >= 0.6 is 0 Å². The summed E-state index contributed by atoms with van der Waals surface area (Å²) in [5.74, 6) is -0.574. The van der Waals surface area contributed by atoms with Gasteiger partial charge in [0.2, 0.25) is 0 Å². The van der Waals surface area contributed by atoms with Gasteiger partial charge in [-0.2, -0.15) is 0 Å². The Kier molecular flexibility index (Phi) is 2.13. The van der Waals surface area contributed by atoms with Crippen LogP contribution in [0.25, 0.3) is 0 Å². The number of imide groups is 1. The summed E-state index contributed by atoms with van der Waals surface area (Å²) >= 11 is 0. The Morgan fingerprint density at radius 3 is 2.56 bits per heavy atom. The molecule has 0 bridgehead atoms. The van der Waals surface area contributed by atoms with Crippen LogP contribution in [0.3, 0.4) is 0 Å². The summed E-state index contributed by atoms with van der Waals surface area (Å²) in [6.45, 7) is 3.74. The minimum atomic E-state index is -0.468. The molecule has 0 aromatic carbocycles. The standard InChI is InChI=1S/C13H14N2O3/c1-13(2)9(5-10(13)16)15-11(17)7-3-4-14-6-8(7)12(15)18/h3-4,6,9-10,16H,5H2,1-2H3. The topological polar surface area (TPSA) is 70.5 Å². The number of aliphatic hydroxyl groups is 1. The van der Waals surface area contributed by atoms with Gasteiger partial charge in [-0.05, 0) is 12.5 Å². The number of aromatic nitrogens is 1. The van der Waals surface area contributed by atoms with E-state index in [0.29, 0.717) is 17.5 Å². The minimum absolute atomic E-state index is 0.236. The van der Waals surface area contributed by atoms with Crippen molar-refractivity contribution in [3.8, 4) is 0 Å². The first-order valence-corrected chi connectivity index (χ1v) is 5.94. The normalized spacial score (nSPS) is 29.2. The summed E-state index contributed by atoms with van der Waals surface area (Å²) in [7, 11) is 0. The molecule has 1 N–H and O–H groups in total. The van der Waals surface area contributed by atoms with E-state index in [-0.39, 0.29) is 17.9 Å². The SMILES string of the molecule is CC1(C)C(O)CC1N1C(=O)c2ccncc2C1=O. The average molecular weight is 246 g/mol. The summed E-state index contributed by atoms with van der Waals surface area (Å²) in [4.78, 5) is 29.6. The zero-order valence-corrected chi connectivity index (χ0v) is 10.3. The minimum Gasteiger partial charge on any atom is -0.392 e. The van der Waals surface area contributed by atoms with Gasteiger partial charge in [0, 0.05) is 17.8 Å². The third-order valence-electron chi connectivity index (χ3n) is 4.20. The van der Waals surface area contributed by atoms with Gasteiger partial charge in [0.1, 0.15) is 0 Å². The third-order valence-corrected chi connectivity index (χ3v) is 4.20. The first-order chi connectivity index (χ1) is 8.44. The number of nitrogens with zero attached hydrogens (tertiary/aromatic N) is 2. The molecule has 1 aromatic rings. The van der Waals surface area contributed by atoms with Crippen molar-refractivity contribution in [2.24, 2.45) is 5.41 Å². The Balaban J connectivity index is 1.99. The molecule has 0 spiro atoms. The Morgan fingerprint density at radius 1 is 1.33 bits per heavy atom. The second-order valence-electron chi connectivity index (χ2n) is 5.49. The van der Waals surface area contributed by atoms with Crippen molar-refractivity contribution < 1.29 is 14.7 Å². The second kappa shape index (κ2) is 3.38. The molecule has 2 unspecified atom stereocenters. The number of carbonyl (C=O) groups is 2. The number of fused-ring (bicyclic) bond motifs is 1. The smallest absolute Gasteiger partial charge is 0.263 e. The quantitative estimate of drug-likeness (QED) is 0.745. The van der Waals surface area contributed by atoms with Gasteiger partial charge in [0.25, 0.3) is 11.8 Å². The van der Waals surface area contributed by atoms with Gasteiger partial charge in [0.15, 0.2) is 0 Å². The fourth-order valence-electron chi connectivity index (χ4n) is 2.70. The highest BCUT2D eigenvalue weighted by Gasteiger charge is 2.55. The molecule has 5 heteroatoms. The monoisotopic (exact) mass is 246 g/mol. The lowest BCUT2D eigenvalue weighted by Crippen LogP contribution is -2.62. The molecule has 18 heavy (non-hydrogen) atoms. The molecule has 2 heterocycles. The van der Waals surface area contributed by atoms with Crippen molar-refractivity contribution in [1.29, 1.82) is 0 Å². The van der Waals surface area contributed by atoms with Crippen LogP contribution in [-0.4, -0.2) is 39.0 Å². The molecule has 0 saturated heterocycles. The van der Waals surface area contributed by atoms with Gasteiger partial charge in [0.05, 0.1) is 23.3 Å². The van der Waals surface area contributed by atoms with Crippen molar-refractivity contribution in [3.63, 3.8) is 0 Å². The summed E-state index contributed by atoms with van der Waals surface area (Å²) < 4.78 is 0. The molecule has 0 radical (unpaired) electrons. The number of rotatable bonds is 1. The maximum absolute atomic E-state index is 12.2. The molecule has 1 aliphatic carbocycles. The Morgan fingerprint density at radius 2 is 2.00 bits per heavy atom. The molecule has 1 fully saturated rings. The van der Waals surface area contributed by atoms with Crippen LogP contribution in [0.5, 0.6) is 0 Å². The van der Waals surface area contributed by atoms with Crippen LogP contribution in [0.2, 0.25) is 0 Å². The van der Waals surface area contributed by atoms with E-state index in [1.807, 2.05) is 13.8 Å². The van der Waals surface area contributed by atoms with E-state index in [1.54, 1.807) is 6.07 Å². The van der Waals surface area contributed by atoms with Crippen LogP contribution in [0.15, 0.2) is 18.5 Å². The van der Waals surface area contributed by atoms with E-state index < -0.39 is 11.5 Å². The summed E-state index contributed by atoms with van der Waals surface area (Å²) in [6.07, 6.45) is 2.92. The Labute approximate surface area is 104 Å². The van der Waals surface area contributed by atoms with Gasteiger partial charge in [-0.1, -0.05) is 13.8 Å². The number of amides is 2. The number of hydrogen-bond donors (Lipinski definition) is 1. The van der Waals surface area contributed by atoms with Crippen molar-refractivity contribution in [2.75, 3.05) is 0 Å². The van der Waals surface area contributed by atoms with Gasteiger partial charge >= 0.3 is 0 Å². The molecule has 1 aromatic heterocycles. The fraction of sp³-hybridized carbons (Fsp3) is 0.462. The molecule has 1 saturated carbocycles. The number of hydrogen-bond acceptors (Lipinski definition) is 4. The number of aliphatic hydroxyl groups excluding tert-OH is 1. The van der Waals surface area contributed by atoms with Gasteiger partial charge in [-0.3, -0.25) is 19.5 Å². The van der Waals surface area contributed by atoms with Crippen LogP contribution in [0.1, 0.15) is 41.0 Å². The van der Waals surface area contributed by atoms with Gasteiger partial charge < -0.3 is 5.11 Å². The molecule has 2 amide bonds. The molecule has 3 rings (SSSR count). The van der Waals surface area contributed by atoms with Crippen LogP contribution in [0, 0.1) is 5.41 Å². The maximum atomic E-state index is 12.2. The Hall–Kier alpha value is -1.75. The fourth-order valence-corrected chi connectivity index (χ4v) is 2.70. The number of pyridine rings is 1. The highest BCUT2D eigenvalue weighted by molar-refractivity contribution is 6.21. The van der Waals surface area contributed by atoms with Crippen molar-refractivity contribution in [3.05, 3.63) is 29.6 Å². The van der Waals surface area contributed by atoms with Crippen LogP contribution < -0.4 is 0 Å². The number of carbonyl (C=O) groups excluding carboxylic acids is 2. The van der Waals surface area contributed by atoms with E-state index in [2.05, 4.69) is 4.98 Å². The molecule has 5 nitrogen and oxygen atoms in total. The summed E-state index contributed by atoms with van der Waals surface area (Å²) in [6, 6.07) is 1.33. The summed E-state index contributed by atoms with van der Waals surface area (Å²) in [5.41, 5.74) is 0.327. The molecular weight excluding hydrogens is 232 g/mol. The van der Waals surface area contributed by atoms with E-state index >= 15 is 0 Å². The third kappa shape index (κ3) is 1.22. The highest BCUT2D eigenvalue weighted by Crippen LogP contribution is 2.46. The van der Waals surface area contributed by atoms with Gasteiger partial charge in [-0.25, -0.2) is 0 Å². The largest absolute Gasteiger partial charge is 0.392 e. The molecule has 2 aliphatic rings. The first-order valence-electron chi connectivity index (χ1n) is 5.94. The molecular formula is C13H14N2O3. The summed E-state index contributed by atoms with van der Waals surface area (Å²) in [5, 5.41) is 9.73. The van der Waals surface area contributed by atoms with Crippen LogP contribution in [-0.2, 0) is 0 Å². The van der Waals surface area contributed by atoms with Crippen LogP contribution in [0.4, 0.5) is 0 Å². The van der Waals surface area contributed by atoms with Crippen molar-refractivity contribution >= 4 is 11.8 Å². The molecule has 1 aliphatic heterocycles. The van der Waals surface area contributed by atoms with E-state index in [0.717, 1.165) is 0 Å². The van der Waals surface area contributed by atoms with E-state index in [4.69, 9.17) is 0 Å².